The molecule has 2 aromatic carbocycles. The number of amides is 1. The van der Waals surface area contributed by atoms with Crippen LogP contribution < -0.4 is 4.90 Å². The van der Waals surface area contributed by atoms with Gasteiger partial charge in [0.15, 0.2) is 0 Å². The Balaban J connectivity index is 1.78. The van der Waals surface area contributed by atoms with Crippen molar-refractivity contribution in [2.24, 2.45) is 0 Å². The van der Waals surface area contributed by atoms with E-state index in [2.05, 4.69) is 29.2 Å². The molecule has 1 aliphatic heterocycles. The van der Waals surface area contributed by atoms with Gasteiger partial charge < -0.3 is 14.5 Å². The number of rotatable bonds is 4. The predicted octanol–water partition coefficient (Wildman–Crippen LogP) is 3.41. The second-order valence-electron chi connectivity index (χ2n) is 6.71. The number of ether oxygens (including phenoxy) is 1. The highest BCUT2D eigenvalue weighted by Gasteiger charge is 2.18. The van der Waals surface area contributed by atoms with E-state index < -0.39 is 0 Å². The highest BCUT2D eigenvalue weighted by atomic mass is 16.5. The van der Waals surface area contributed by atoms with E-state index >= 15 is 0 Å². The first-order valence-electron chi connectivity index (χ1n) is 8.79. The van der Waals surface area contributed by atoms with Gasteiger partial charge in [-0.3, -0.25) is 4.79 Å². The molecule has 0 spiro atoms. The average molecular weight is 338 g/mol. The predicted molar refractivity (Wildman–Crippen MR) is 101 cm³/mol. The second-order valence-corrected chi connectivity index (χ2v) is 6.71. The van der Waals surface area contributed by atoms with Gasteiger partial charge in [-0.1, -0.05) is 35.9 Å². The molecule has 1 amide bonds. The molecule has 1 fully saturated rings. The molecule has 0 radical (unpaired) electrons. The molecule has 1 heterocycles. The number of para-hydroxylation sites is 1. The molecule has 132 valence electrons. The van der Waals surface area contributed by atoms with Crippen LogP contribution in [-0.4, -0.2) is 44.2 Å². The first kappa shape index (κ1) is 17.5. The van der Waals surface area contributed by atoms with Crippen molar-refractivity contribution in [3.05, 3.63) is 64.7 Å². The lowest BCUT2D eigenvalue weighted by Crippen LogP contribution is -2.37. The van der Waals surface area contributed by atoms with Crippen molar-refractivity contribution in [2.75, 3.05) is 38.3 Å². The molecule has 0 saturated carbocycles. The van der Waals surface area contributed by atoms with Gasteiger partial charge in [0, 0.05) is 37.9 Å². The summed E-state index contributed by atoms with van der Waals surface area (Å²) in [4.78, 5) is 17.0. The standard InChI is InChI=1S/C21H26N2O2/c1-16-8-9-19(17(2)14-16)21(24)22(3)15-18-6-4-5-7-20(18)23-10-12-25-13-11-23/h4-9,14H,10-13,15H2,1-3H3. The van der Waals surface area contributed by atoms with Crippen molar-refractivity contribution in [3.63, 3.8) is 0 Å². The van der Waals surface area contributed by atoms with Crippen LogP contribution >= 0.6 is 0 Å². The Hall–Kier alpha value is -2.33. The van der Waals surface area contributed by atoms with E-state index in [9.17, 15) is 4.79 Å². The summed E-state index contributed by atoms with van der Waals surface area (Å²) in [6.07, 6.45) is 0. The Morgan fingerprint density at radius 3 is 2.56 bits per heavy atom. The Kier molecular flexibility index (Phi) is 5.39. The fraction of sp³-hybridized carbons (Fsp3) is 0.381. The molecular weight excluding hydrogens is 312 g/mol. The zero-order chi connectivity index (χ0) is 17.8. The number of anilines is 1. The van der Waals surface area contributed by atoms with E-state index in [1.807, 2.05) is 39.1 Å². The van der Waals surface area contributed by atoms with E-state index in [1.54, 1.807) is 4.90 Å². The largest absolute Gasteiger partial charge is 0.378 e. The number of benzene rings is 2. The lowest BCUT2D eigenvalue weighted by molar-refractivity contribution is 0.0784. The van der Waals surface area contributed by atoms with Gasteiger partial charge in [0.05, 0.1) is 13.2 Å². The van der Waals surface area contributed by atoms with E-state index in [4.69, 9.17) is 4.74 Å². The van der Waals surface area contributed by atoms with Crippen LogP contribution in [0.25, 0.3) is 0 Å². The molecule has 4 nitrogen and oxygen atoms in total. The minimum Gasteiger partial charge on any atom is -0.378 e. The van der Waals surface area contributed by atoms with Gasteiger partial charge in [0.2, 0.25) is 0 Å². The lowest BCUT2D eigenvalue weighted by Gasteiger charge is -2.31. The number of morpholine rings is 1. The van der Waals surface area contributed by atoms with Gasteiger partial charge in [-0.2, -0.15) is 0 Å². The van der Waals surface area contributed by atoms with Gasteiger partial charge in [-0.15, -0.1) is 0 Å². The van der Waals surface area contributed by atoms with Gasteiger partial charge in [0.25, 0.3) is 5.91 Å². The minimum absolute atomic E-state index is 0.0641. The summed E-state index contributed by atoms with van der Waals surface area (Å²) in [5.74, 6) is 0.0641. The summed E-state index contributed by atoms with van der Waals surface area (Å²) in [7, 11) is 1.87. The molecular formula is C21H26N2O2. The average Bonchev–Trinajstić information content (AvgIpc) is 2.62. The van der Waals surface area contributed by atoms with Crippen molar-refractivity contribution in [1.82, 2.24) is 4.90 Å². The van der Waals surface area contributed by atoms with Crippen molar-refractivity contribution in [3.8, 4) is 0 Å². The molecule has 1 saturated heterocycles. The summed E-state index contributed by atoms with van der Waals surface area (Å²) in [6, 6.07) is 14.3. The molecule has 3 rings (SSSR count). The summed E-state index contributed by atoms with van der Waals surface area (Å²) < 4.78 is 5.45. The SMILES string of the molecule is Cc1ccc(C(=O)N(C)Cc2ccccc2N2CCOCC2)c(C)c1. The molecule has 25 heavy (non-hydrogen) atoms. The normalized spacial score (nSPS) is 14.4. The summed E-state index contributed by atoms with van der Waals surface area (Å²) in [6.45, 7) is 7.94. The van der Waals surface area contributed by atoms with Gasteiger partial charge >= 0.3 is 0 Å². The maximum atomic E-state index is 12.9. The molecule has 1 aliphatic rings. The molecule has 0 bridgehead atoms. The quantitative estimate of drug-likeness (QED) is 0.856. The lowest BCUT2D eigenvalue weighted by atomic mass is 10.0. The fourth-order valence-corrected chi connectivity index (χ4v) is 3.34. The van der Waals surface area contributed by atoms with Crippen LogP contribution in [0, 0.1) is 13.8 Å². The van der Waals surface area contributed by atoms with Crippen molar-refractivity contribution < 1.29 is 9.53 Å². The van der Waals surface area contributed by atoms with Crippen LogP contribution in [0.4, 0.5) is 5.69 Å². The first-order valence-corrected chi connectivity index (χ1v) is 8.79. The molecule has 4 heteroatoms. The zero-order valence-corrected chi connectivity index (χ0v) is 15.3. The van der Waals surface area contributed by atoms with E-state index in [0.717, 1.165) is 37.4 Å². The van der Waals surface area contributed by atoms with E-state index in [1.165, 1.54) is 16.8 Å². The molecule has 2 aromatic rings. The second kappa shape index (κ2) is 7.70. The van der Waals surface area contributed by atoms with E-state index in [-0.39, 0.29) is 5.91 Å². The van der Waals surface area contributed by atoms with Crippen LogP contribution in [0.1, 0.15) is 27.0 Å². The number of nitrogens with zero attached hydrogens (tertiary/aromatic N) is 2. The minimum atomic E-state index is 0.0641. The van der Waals surface area contributed by atoms with Crippen molar-refractivity contribution in [2.45, 2.75) is 20.4 Å². The molecule has 0 aliphatic carbocycles. The monoisotopic (exact) mass is 338 g/mol. The van der Waals surface area contributed by atoms with Gasteiger partial charge in [-0.05, 0) is 37.1 Å². The van der Waals surface area contributed by atoms with Crippen LogP contribution in [-0.2, 0) is 11.3 Å². The van der Waals surface area contributed by atoms with Gasteiger partial charge in [0.1, 0.15) is 0 Å². The first-order chi connectivity index (χ1) is 12.1. The van der Waals surface area contributed by atoms with Crippen molar-refractivity contribution in [1.29, 1.82) is 0 Å². The number of aryl methyl sites for hydroxylation is 2. The third kappa shape index (κ3) is 4.02. The third-order valence-corrected chi connectivity index (χ3v) is 4.71. The van der Waals surface area contributed by atoms with Crippen LogP contribution in [0.3, 0.4) is 0 Å². The Labute approximate surface area is 150 Å². The van der Waals surface area contributed by atoms with Crippen molar-refractivity contribution >= 4 is 11.6 Å². The Morgan fingerprint density at radius 2 is 1.84 bits per heavy atom. The van der Waals surface area contributed by atoms with Gasteiger partial charge in [-0.25, -0.2) is 0 Å². The Bertz CT molecular complexity index is 751. The zero-order valence-electron chi connectivity index (χ0n) is 15.3. The van der Waals surface area contributed by atoms with Crippen LogP contribution in [0.5, 0.6) is 0 Å². The maximum absolute atomic E-state index is 12.9. The van der Waals surface area contributed by atoms with Crippen LogP contribution in [0.2, 0.25) is 0 Å². The third-order valence-electron chi connectivity index (χ3n) is 4.71. The summed E-state index contributed by atoms with van der Waals surface area (Å²) in [5.41, 5.74) is 5.35. The number of carbonyl (C=O) groups is 1. The highest BCUT2D eigenvalue weighted by Crippen LogP contribution is 2.23. The summed E-state index contributed by atoms with van der Waals surface area (Å²) >= 11 is 0. The molecule has 0 aromatic heterocycles. The maximum Gasteiger partial charge on any atom is 0.254 e. The summed E-state index contributed by atoms with van der Waals surface area (Å²) in [5, 5.41) is 0. The molecule has 0 atom stereocenters. The smallest absolute Gasteiger partial charge is 0.254 e. The number of hydrogen-bond acceptors (Lipinski definition) is 3. The number of hydrogen-bond donors (Lipinski definition) is 0. The number of carbonyl (C=O) groups excluding carboxylic acids is 1. The molecule has 0 unspecified atom stereocenters. The Morgan fingerprint density at radius 1 is 1.12 bits per heavy atom. The molecule has 0 N–H and O–H groups in total. The topological polar surface area (TPSA) is 32.8 Å². The fourth-order valence-electron chi connectivity index (χ4n) is 3.34. The van der Waals surface area contributed by atoms with E-state index in [0.29, 0.717) is 6.54 Å². The highest BCUT2D eigenvalue weighted by molar-refractivity contribution is 5.95. The van der Waals surface area contributed by atoms with Crippen LogP contribution in [0.15, 0.2) is 42.5 Å².